The molecule has 1 unspecified atom stereocenters. The number of rotatable bonds is 7. The molecule has 0 saturated heterocycles. The second kappa shape index (κ2) is 10.3. The van der Waals surface area contributed by atoms with E-state index in [0.717, 1.165) is 28.0 Å². The SMILES string of the molecule is CCOc1cc(CC(C#N)C=Nc2ccccc2)cc2c1OC(C)(C)C=C2c1ccc(C#N)cc1. The van der Waals surface area contributed by atoms with Gasteiger partial charge in [-0.3, -0.25) is 4.99 Å². The number of fused-ring (bicyclic) bond motifs is 1. The second-order valence-electron chi connectivity index (χ2n) is 8.91. The highest BCUT2D eigenvalue weighted by Crippen LogP contribution is 2.45. The van der Waals surface area contributed by atoms with E-state index in [9.17, 15) is 10.5 Å². The molecule has 0 saturated carbocycles. The van der Waals surface area contributed by atoms with Gasteiger partial charge < -0.3 is 9.47 Å². The lowest BCUT2D eigenvalue weighted by molar-refractivity contribution is 0.149. The van der Waals surface area contributed by atoms with Gasteiger partial charge in [0.05, 0.1) is 35.9 Å². The number of benzene rings is 3. The van der Waals surface area contributed by atoms with Gasteiger partial charge in [-0.1, -0.05) is 30.3 Å². The van der Waals surface area contributed by atoms with E-state index in [1.54, 1.807) is 6.21 Å². The largest absolute Gasteiger partial charge is 0.490 e. The molecule has 0 aromatic heterocycles. The predicted molar refractivity (Wildman–Crippen MR) is 138 cm³/mol. The van der Waals surface area contributed by atoms with Gasteiger partial charge in [0.15, 0.2) is 11.5 Å². The van der Waals surface area contributed by atoms with Crippen LogP contribution in [0.3, 0.4) is 0 Å². The monoisotopic (exact) mass is 461 g/mol. The van der Waals surface area contributed by atoms with Crippen molar-refractivity contribution >= 4 is 17.5 Å². The van der Waals surface area contributed by atoms with Crippen LogP contribution in [0.15, 0.2) is 77.8 Å². The van der Waals surface area contributed by atoms with E-state index < -0.39 is 11.5 Å². The molecule has 5 heteroatoms. The van der Waals surface area contributed by atoms with Crippen molar-refractivity contribution in [2.45, 2.75) is 32.8 Å². The van der Waals surface area contributed by atoms with Crippen molar-refractivity contribution in [1.29, 1.82) is 10.5 Å². The molecule has 3 aromatic rings. The van der Waals surface area contributed by atoms with Gasteiger partial charge in [-0.2, -0.15) is 10.5 Å². The van der Waals surface area contributed by atoms with Crippen LogP contribution in [0.1, 0.15) is 43.0 Å². The minimum Gasteiger partial charge on any atom is -0.490 e. The molecule has 0 aliphatic carbocycles. The molecule has 4 rings (SSSR count). The molecule has 0 spiro atoms. The Morgan fingerprint density at radius 2 is 1.80 bits per heavy atom. The van der Waals surface area contributed by atoms with Gasteiger partial charge in [0.1, 0.15) is 5.60 Å². The number of aliphatic imine (C=N–C) groups is 1. The number of hydrogen-bond acceptors (Lipinski definition) is 5. The molecule has 35 heavy (non-hydrogen) atoms. The molecule has 5 nitrogen and oxygen atoms in total. The summed E-state index contributed by atoms with van der Waals surface area (Å²) in [7, 11) is 0. The van der Waals surface area contributed by atoms with Crippen LogP contribution in [0.5, 0.6) is 11.5 Å². The zero-order valence-electron chi connectivity index (χ0n) is 20.2. The van der Waals surface area contributed by atoms with Crippen LogP contribution in [-0.4, -0.2) is 18.4 Å². The Kier molecular flexibility index (Phi) is 6.99. The first-order valence-corrected chi connectivity index (χ1v) is 11.6. The number of nitrogens with zero attached hydrogens (tertiary/aromatic N) is 3. The average Bonchev–Trinajstić information content (AvgIpc) is 2.87. The van der Waals surface area contributed by atoms with Crippen molar-refractivity contribution in [1.82, 2.24) is 0 Å². The fourth-order valence-corrected chi connectivity index (χ4v) is 4.10. The van der Waals surface area contributed by atoms with Gasteiger partial charge >= 0.3 is 0 Å². The van der Waals surface area contributed by atoms with Gasteiger partial charge in [0.2, 0.25) is 0 Å². The summed E-state index contributed by atoms with van der Waals surface area (Å²) in [6.45, 7) is 6.45. The lowest BCUT2D eigenvalue weighted by Gasteiger charge is -2.33. The third-order valence-electron chi connectivity index (χ3n) is 5.67. The third-order valence-corrected chi connectivity index (χ3v) is 5.67. The normalized spacial score (nSPS) is 14.7. The molecule has 174 valence electrons. The van der Waals surface area contributed by atoms with E-state index in [-0.39, 0.29) is 0 Å². The number of ether oxygens (including phenoxy) is 2. The van der Waals surface area contributed by atoms with Crippen LogP contribution in [0, 0.1) is 28.6 Å². The zero-order valence-corrected chi connectivity index (χ0v) is 20.2. The molecule has 3 aromatic carbocycles. The highest BCUT2D eigenvalue weighted by molar-refractivity contribution is 5.86. The molecule has 0 N–H and O–H groups in total. The lowest BCUT2D eigenvalue weighted by Crippen LogP contribution is -2.29. The van der Waals surface area contributed by atoms with E-state index in [0.29, 0.717) is 30.1 Å². The van der Waals surface area contributed by atoms with Crippen molar-refractivity contribution in [3.63, 3.8) is 0 Å². The molecule has 1 aliphatic rings. The third kappa shape index (κ3) is 5.60. The van der Waals surface area contributed by atoms with E-state index >= 15 is 0 Å². The van der Waals surface area contributed by atoms with Crippen molar-refractivity contribution in [2.24, 2.45) is 10.9 Å². The van der Waals surface area contributed by atoms with Crippen molar-refractivity contribution in [2.75, 3.05) is 6.61 Å². The van der Waals surface area contributed by atoms with Crippen molar-refractivity contribution < 1.29 is 9.47 Å². The second-order valence-corrected chi connectivity index (χ2v) is 8.91. The minimum atomic E-state index is -0.541. The van der Waals surface area contributed by atoms with Crippen LogP contribution >= 0.6 is 0 Å². The molecular formula is C30H27N3O2. The maximum absolute atomic E-state index is 9.79. The van der Waals surface area contributed by atoms with E-state index in [4.69, 9.17) is 9.47 Å². The molecular weight excluding hydrogens is 434 g/mol. The Bertz CT molecular complexity index is 1340. The molecule has 0 amide bonds. The summed E-state index contributed by atoms with van der Waals surface area (Å²) in [4.78, 5) is 4.48. The summed E-state index contributed by atoms with van der Waals surface area (Å²) in [6.07, 6.45) is 4.28. The molecule has 1 heterocycles. The Labute approximate surface area is 206 Å². The number of para-hydroxylation sites is 1. The molecule has 0 bridgehead atoms. The van der Waals surface area contributed by atoms with Gasteiger partial charge in [-0.05, 0) is 86.4 Å². The first kappa shape index (κ1) is 23.8. The summed E-state index contributed by atoms with van der Waals surface area (Å²) < 4.78 is 12.3. The maximum Gasteiger partial charge on any atom is 0.170 e. The Morgan fingerprint density at radius 1 is 1.06 bits per heavy atom. The highest BCUT2D eigenvalue weighted by atomic mass is 16.5. The van der Waals surface area contributed by atoms with Gasteiger partial charge in [0, 0.05) is 11.8 Å². The quantitative estimate of drug-likeness (QED) is 0.369. The summed E-state index contributed by atoms with van der Waals surface area (Å²) in [5.74, 6) is 0.948. The molecule has 0 fully saturated rings. The fraction of sp³-hybridized carbons (Fsp3) is 0.233. The molecule has 1 atom stereocenters. The van der Waals surface area contributed by atoms with E-state index in [1.165, 1.54) is 0 Å². The van der Waals surface area contributed by atoms with E-state index in [1.807, 2.05) is 81.4 Å². The first-order chi connectivity index (χ1) is 16.9. The summed E-state index contributed by atoms with van der Waals surface area (Å²) in [6, 6.07) is 25.7. The van der Waals surface area contributed by atoms with Crippen LogP contribution < -0.4 is 9.47 Å². The molecule has 0 radical (unpaired) electrons. The fourth-order valence-electron chi connectivity index (χ4n) is 4.10. The lowest BCUT2D eigenvalue weighted by atomic mass is 9.87. The topological polar surface area (TPSA) is 78.4 Å². The minimum absolute atomic E-state index is 0.397. The zero-order chi connectivity index (χ0) is 24.8. The average molecular weight is 462 g/mol. The highest BCUT2D eigenvalue weighted by Gasteiger charge is 2.30. The van der Waals surface area contributed by atoms with E-state index in [2.05, 4.69) is 29.3 Å². The predicted octanol–water partition coefficient (Wildman–Crippen LogP) is 6.64. The van der Waals surface area contributed by atoms with Crippen LogP contribution in [0.4, 0.5) is 5.69 Å². The Hall–Kier alpha value is -4.35. The molecule has 1 aliphatic heterocycles. The van der Waals surface area contributed by atoms with Crippen molar-refractivity contribution in [3.8, 4) is 23.6 Å². The summed E-state index contributed by atoms with van der Waals surface area (Å²) in [5, 5.41) is 19.0. The summed E-state index contributed by atoms with van der Waals surface area (Å²) >= 11 is 0. The maximum atomic E-state index is 9.79. The van der Waals surface area contributed by atoms with Gasteiger partial charge in [0.25, 0.3) is 0 Å². The Morgan fingerprint density at radius 3 is 2.46 bits per heavy atom. The van der Waals surface area contributed by atoms with Crippen LogP contribution in [-0.2, 0) is 6.42 Å². The first-order valence-electron chi connectivity index (χ1n) is 11.6. The Balaban J connectivity index is 1.74. The number of hydrogen-bond donors (Lipinski definition) is 0. The smallest absolute Gasteiger partial charge is 0.170 e. The van der Waals surface area contributed by atoms with Crippen molar-refractivity contribution in [3.05, 3.63) is 95.1 Å². The van der Waals surface area contributed by atoms with Crippen LogP contribution in [0.25, 0.3) is 5.57 Å². The van der Waals surface area contributed by atoms with Crippen LogP contribution in [0.2, 0.25) is 0 Å². The van der Waals surface area contributed by atoms with Gasteiger partial charge in [-0.15, -0.1) is 0 Å². The standard InChI is InChI=1S/C30H27N3O2/c1-4-34-28-16-22(14-23(19-32)20-33-25-8-6-5-7-9-25)15-26-27(17-30(2,3)35-29(26)28)24-12-10-21(18-31)11-13-24/h5-13,15-17,20,23H,4,14H2,1-3H3. The summed E-state index contributed by atoms with van der Waals surface area (Å²) in [5.41, 5.74) is 4.75. The number of nitriles is 2. The van der Waals surface area contributed by atoms with Gasteiger partial charge in [-0.25, -0.2) is 0 Å².